The summed E-state index contributed by atoms with van der Waals surface area (Å²) < 4.78 is 30.3. The maximum absolute atomic E-state index is 10.8. The Morgan fingerprint density at radius 3 is 1.71 bits per heavy atom. The van der Waals surface area contributed by atoms with E-state index in [9.17, 15) is 28.6 Å². The van der Waals surface area contributed by atoms with E-state index in [4.69, 9.17) is 4.55 Å². The van der Waals surface area contributed by atoms with Gasteiger partial charge in [-0.05, 0) is 6.92 Å². The van der Waals surface area contributed by atoms with Gasteiger partial charge in [0.2, 0.25) is 0 Å². The van der Waals surface area contributed by atoms with Gasteiger partial charge in [0.05, 0.1) is 9.85 Å². The van der Waals surface area contributed by atoms with E-state index >= 15 is 0 Å². The lowest BCUT2D eigenvalue weighted by Gasteiger charge is -2.02. The highest BCUT2D eigenvalue weighted by atomic mass is 32.2. The quantitative estimate of drug-likeness (QED) is 0.487. The lowest BCUT2D eigenvalue weighted by atomic mass is 10.1. The maximum Gasteiger partial charge on any atom is 0.295 e. The summed E-state index contributed by atoms with van der Waals surface area (Å²) in [4.78, 5) is 18.4. The number of hydrogen-bond donors (Lipinski definition) is 1. The van der Waals surface area contributed by atoms with Crippen LogP contribution in [-0.4, -0.2) is 22.8 Å². The van der Waals surface area contributed by atoms with Gasteiger partial charge in [-0.15, -0.1) is 0 Å². The first-order chi connectivity index (χ1) is 7.64. The normalized spacial score (nSPS) is 11.2. The van der Waals surface area contributed by atoms with Crippen LogP contribution >= 0.6 is 0 Å². The van der Waals surface area contributed by atoms with Crippen molar-refractivity contribution in [1.29, 1.82) is 0 Å². The molecule has 1 aromatic rings. The molecular weight excluding hydrogens is 256 g/mol. The van der Waals surface area contributed by atoms with Crippen LogP contribution in [0.1, 0.15) is 5.56 Å². The third-order valence-electron chi connectivity index (χ3n) is 2.02. The van der Waals surface area contributed by atoms with Gasteiger partial charge in [-0.1, -0.05) is 0 Å². The van der Waals surface area contributed by atoms with Crippen LogP contribution in [0.5, 0.6) is 0 Å². The topological polar surface area (TPSA) is 141 Å². The van der Waals surface area contributed by atoms with Crippen LogP contribution in [0.4, 0.5) is 11.4 Å². The Hall–Kier alpha value is -2.07. The second-order valence-corrected chi connectivity index (χ2v) is 4.50. The van der Waals surface area contributed by atoms with Crippen molar-refractivity contribution in [3.8, 4) is 0 Å². The van der Waals surface area contributed by atoms with E-state index in [1.165, 1.54) is 0 Å². The highest BCUT2D eigenvalue weighted by Crippen LogP contribution is 2.30. The minimum atomic E-state index is -4.74. The van der Waals surface area contributed by atoms with Crippen molar-refractivity contribution in [1.82, 2.24) is 0 Å². The Labute approximate surface area is 94.7 Å². The fraction of sp³-hybridized carbons (Fsp3) is 0.143. The molecule has 0 heterocycles. The van der Waals surface area contributed by atoms with E-state index in [2.05, 4.69) is 0 Å². The lowest BCUT2D eigenvalue weighted by molar-refractivity contribution is -0.395. The van der Waals surface area contributed by atoms with Gasteiger partial charge in [-0.25, -0.2) is 0 Å². The molecule has 92 valence electrons. The molecule has 0 atom stereocenters. The molecule has 0 aliphatic rings. The van der Waals surface area contributed by atoms with Gasteiger partial charge in [-0.2, -0.15) is 8.42 Å². The zero-order chi connectivity index (χ0) is 13.4. The van der Waals surface area contributed by atoms with Gasteiger partial charge in [0.1, 0.15) is 10.5 Å². The van der Waals surface area contributed by atoms with Crippen LogP contribution in [0.25, 0.3) is 0 Å². The summed E-state index contributed by atoms with van der Waals surface area (Å²) in [5.41, 5.74) is -1.77. The van der Waals surface area contributed by atoms with Crippen LogP contribution in [0.15, 0.2) is 17.0 Å². The monoisotopic (exact) mass is 262 g/mol. The van der Waals surface area contributed by atoms with E-state index in [-0.39, 0.29) is 5.56 Å². The third-order valence-corrected chi connectivity index (χ3v) is 2.85. The molecule has 0 amide bonds. The van der Waals surface area contributed by atoms with Crippen LogP contribution in [0, 0.1) is 27.2 Å². The molecule has 1 rings (SSSR count). The third kappa shape index (κ3) is 2.54. The summed E-state index contributed by atoms with van der Waals surface area (Å²) >= 11 is 0. The Morgan fingerprint density at radius 1 is 1.12 bits per heavy atom. The zero-order valence-corrected chi connectivity index (χ0v) is 9.17. The molecular formula is C7H6N2O7S. The number of hydrogen-bond acceptors (Lipinski definition) is 6. The summed E-state index contributed by atoms with van der Waals surface area (Å²) in [5.74, 6) is 0. The Bertz CT molecular complexity index is 572. The summed E-state index contributed by atoms with van der Waals surface area (Å²) in [6.07, 6.45) is 0. The molecule has 10 heteroatoms. The standard InChI is InChI=1S/C7H6N2O7S/c1-4-6(8(10)11)2-5(17(14,15)16)3-7(4)9(12)13/h2-3H,1H3,(H,14,15,16). The van der Waals surface area contributed by atoms with Crippen LogP contribution in [0.3, 0.4) is 0 Å². The first kappa shape index (κ1) is 13.0. The first-order valence-corrected chi connectivity index (χ1v) is 5.49. The lowest BCUT2D eigenvalue weighted by Crippen LogP contribution is -2.04. The number of nitrogens with zero attached hydrogens (tertiary/aromatic N) is 2. The Morgan fingerprint density at radius 2 is 1.47 bits per heavy atom. The average Bonchev–Trinajstić information content (AvgIpc) is 2.14. The van der Waals surface area contributed by atoms with Crippen molar-refractivity contribution in [3.63, 3.8) is 0 Å². The van der Waals surface area contributed by atoms with Crippen molar-refractivity contribution >= 4 is 21.5 Å². The van der Waals surface area contributed by atoms with E-state index in [1.807, 2.05) is 0 Å². The molecule has 0 spiro atoms. The van der Waals surface area contributed by atoms with Crippen molar-refractivity contribution in [2.75, 3.05) is 0 Å². The smallest absolute Gasteiger partial charge is 0.282 e. The molecule has 0 aromatic heterocycles. The van der Waals surface area contributed by atoms with Crippen LogP contribution < -0.4 is 0 Å². The molecule has 0 radical (unpaired) electrons. The van der Waals surface area contributed by atoms with Gasteiger partial charge in [0.25, 0.3) is 21.5 Å². The van der Waals surface area contributed by atoms with Crippen molar-refractivity contribution in [2.45, 2.75) is 11.8 Å². The van der Waals surface area contributed by atoms with E-state index in [0.717, 1.165) is 6.92 Å². The Kier molecular flexibility index (Phi) is 3.11. The maximum atomic E-state index is 10.8. The Balaban J connectivity index is 3.71. The molecule has 17 heavy (non-hydrogen) atoms. The number of rotatable bonds is 3. The average molecular weight is 262 g/mol. The van der Waals surface area contributed by atoms with E-state index in [0.29, 0.717) is 12.1 Å². The molecule has 0 saturated carbocycles. The van der Waals surface area contributed by atoms with E-state index in [1.54, 1.807) is 0 Å². The molecule has 0 aliphatic carbocycles. The predicted octanol–water partition coefficient (Wildman–Crippen LogP) is 1.06. The zero-order valence-electron chi connectivity index (χ0n) is 8.35. The molecule has 0 aliphatic heterocycles. The summed E-state index contributed by atoms with van der Waals surface area (Å²) in [6, 6.07) is 1.13. The predicted molar refractivity (Wildman–Crippen MR) is 54.3 cm³/mol. The second kappa shape index (κ2) is 4.07. The van der Waals surface area contributed by atoms with Gasteiger partial charge >= 0.3 is 0 Å². The number of nitro groups is 2. The van der Waals surface area contributed by atoms with Gasteiger partial charge in [0.15, 0.2) is 0 Å². The minimum Gasteiger partial charge on any atom is -0.282 e. The molecule has 0 bridgehead atoms. The highest BCUT2D eigenvalue weighted by molar-refractivity contribution is 7.85. The van der Waals surface area contributed by atoms with E-state index < -0.39 is 36.2 Å². The SMILES string of the molecule is Cc1c([N+](=O)[O-])cc(S(=O)(=O)O)cc1[N+](=O)[O-]. The molecule has 1 aromatic carbocycles. The fourth-order valence-electron chi connectivity index (χ4n) is 1.19. The van der Waals surface area contributed by atoms with Crippen molar-refractivity contribution in [3.05, 3.63) is 37.9 Å². The number of nitro benzene ring substituents is 2. The molecule has 0 unspecified atom stereocenters. The summed E-state index contributed by atoms with van der Waals surface area (Å²) in [7, 11) is -4.74. The van der Waals surface area contributed by atoms with Gasteiger partial charge in [-0.3, -0.25) is 24.8 Å². The molecule has 9 nitrogen and oxygen atoms in total. The summed E-state index contributed by atoms with van der Waals surface area (Å²) in [5, 5.41) is 21.2. The fourth-order valence-corrected chi connectivity index (χ4v) is 1.71. The first-order valence-electron chi connectivity index (χ1n) is 4.05. The van der Waals surface area contributed by atoms with Gasteiger partial charge < -0.3 is 0 Å². The number of benzene rings is 1. The minimum absolute atomic E-state index is 0.285. The summed E-state index contributed by atoms with van der Waals surface area (Å²) in [6.45, 7) is 1.12. The van der Waals surface area contributed by atoms with Crippen LogP contribution in [-0.2, 0) is 10.1 Å². The molecule has 0 saturated heterocycles. The van der Waals surface area contributed by atoms with Crippen LogP contribution in [0.2, 0.25) is 0 Å². The largest absolute Gasteiger partial charge is 0.295 e. The van der Waals surface area contributed by atoms with Crippen molar-refractivity contribution in [2.24, 2.45) is 0 Å². The molecule has 1 N–H and O–H groups in total. The molecule has 0 fully saturated rings. The van der Waals surface area contributed by atoms with Gasteiger partial charge in [0, 0.05) is 12.1 Å². The van der Waals surface area contributed by atoms with Crippen molar-refractivity contribution < 1.29 is 22.8 Å². The second-order valence-electron chi connectivity index (χ2n) is 3.08. The highest BCUT2D eigenvalue weighted by Gasteiger charge is 2.26.